The molecule has 2 aliphatic heterocycles. The third-order valence-corrected chi connectivity index (χ3v) is 6.33. The molecular weight excluding hydrogens is 386 g/mol. The van der Waals surface area contributed by atoms with Gasteiger partial charge in [0.25, 0.3) is 5.91 Å². The number of ether oxygens (including phenoxy) is 2. The number of nitrogens with one attached hydrogen (secondary N) is 2. The number of carbonyl (C=O) groups excluding carboxylic acids is 1. The summed E-state index contributed by atoms with van der Waals surface area (Å²) in [6.45, 7) is 4.84. The molecule has 0 spiro atoms. The van der Waals surface area contributed by atoms with Crippen LogP contribution in [0.1, 0.15) is 25.9 Å². The van der Waals surface area contributed by atoms with Gasteiger partial charge < -0.3 is 20.1 Å². The van der Waals surface area contributed by atoms with Gasteiger partial charge in [-0.3, -0.25) is 4.79 Å². The monoisotopic (exact) mass is 407 g/mol. The summed E-state index contributed by atoms with van der Waals surface area (Å²) in [4.78, 5) is 18.5. The fourth-order valence-electron chi connectivity index (χ4n) is 3.69. The van der Waals surface area contributed by atoms with Crippen molar-refractivity contribution < 1.29 is 14.3 Å². The van der Waals surface area contributed by atoms with Gasteiger partial charge in [-0.2, -0.15) is 0 Å². The topological polar surface area (TPSA) is 72.5 Å². The Hall–Kier alpha value is -2.90. The number of hydrogen-bond acceptors (Lipinski definition) is 6. The Morgan fingerprint density at radius 2 is 2.03 bits per heavy atom. The van der Waals surface area contributed by atoms with Gasteiger partial charge in [-0.05, 0) is 41.8 Å². The fourth-order valence-corrected chi connectivity index (χ4v) is 4.67. The van der Waals surface area contributed by atoms with Gasteiger partial charge in [0.1, 0.15) is 13.2 Å². The van der Waals surface area contributed by atoms with Crippen LogP contribution in [0.25, 0.3) is 11.1 Å². The van der Waals surface area contributed by atoms with Crippen LogP contribution < -0.4 is 20.1 Å². The second kappa shape index (κ2) is 7.50. The molecule has 5 rings (SSSR count). The number of nitrogens with zero attached hydrogens (tertiary/aromatic N) is 1. The first-order valence-corrected chi connectivity index (χ1v) is 10.5. The molecule has 2 aliphatic rings. The Bertz CT molecular complexity index is 1070. The number of fused-ring (bicyclic) bond motifs is 2. The molecule has 0 radical (unpaired) electrons. The summed E-state index contributed by atoms with van der Waals surface area (Å²) < 4.78 is 11.3. The maximum Gasteiger partial charge on any atom is 0.284 e. The quantitative estimate of drug-likeness (QED) is 0.691. The Morgan fingerprint density at radius 3 is 2.90 bits per heavy atom. The zero-order valence-electron chi connectivity index (χ0n) is 16.1. The fraction of sp³-hybridized carbons (Fsp3) is 0.273. The van der Waals surface area contributed by atoms with Crippen LogP contribution in [0.15, 0.2) is 36.4 Å². The molecule has 29 heavy (non-hydrogen) atoms. The lowest BCUT2D eigenvalue weighted by molar-refractivity contribution is 0.102. The lowest BCUT2D eigenvalue weighted by Gasteiger charge is -2.19. The van der Waals surface area contributed by atoms with Gasteiger partial charge in [0.15, 0.2) is 16.5 Å². The van der Waals surface area contributed by atoms with Crippen molar-refractivity contribution in [1.82, 2.24) is 10.3 Å². The summed E-state index contributed by atoms with van der Waals surface area (Å²) in [5.74, 6) is 1.36. The minimum Gasteiger partial charge on any atom is -0.486 e. The van der Waals surface area contributed by atoms with E-state index in [1.165, 1.54) is 11.3 Å². The number of hydrogen-bond donors (Lipinski definition) is 2. The first kappa shape index (κ1) is 18.1. The molecule has 3 aromatic rings. The minimum atomic E-state index is -0.160. The smallest absolute Gasteiger partial charge is 0.284 e. The van der Waals surface area contributed by atoms with E-state index in [2.05, 4.69) is 15.6 Å². The Labute approximate surface area is 172 Å². The van der Waals surface area contributed by atoms with E-state index < -0.39 is 0 Å². The van der Waals surface area contributed by atoms with E-state index >= 15 is 0 Å². The summed E-state index contributed by atoms with van der Waals surface area (Å²) >= 11 is 1.47. The summed E-state index contributed by atoms with van der Waals surface area (Å²) in [7, 11) is 0. The number of rotatable bonds is 3. The zero-order chi connectivity index (χ0) is 19.8. The van der Waals surface area contributed by atoms with Crippen molar-refractivity contribution in [2.75, 3.05) is 25.1 Å². The third kappa shape index (κ3) is 3.47. The average Bonchev–Trinajstić information content (AvgIpc) is 3.19. The van der Waals surface area contributed by atoms with E-state index in [1.54, 1.807) is 0 Å². The van der Waals surface area contributed by atoms with E-state index in [1.807, 2.05) is 43.3 Å². The van der Waals surface area contributed by atoms with E-state index in [9.17, 15) is 4.79 Å². The lowest BCUT2D eigenvalue weighted by atomic mass is 9.98. The van der Waals surface area contributed by atoms with Crippen molar-refractivity contribution in [2.24, 2.45) is 0 Å². The van der Waals surface area contributed by atoms with Crippen molar-refractivity contribution in [1.29, 1.82) is 0 Å². The lowest BCUT2D eigenvalue weighted by Crippen LogP contribution is -2.22. The van der Waals surface area contributed by atoms with Gasteiger partial charge in [-0.1, -0.05) is 18.2 Å². The molecule has 2 aromatic carbocycles. The maximum atomic E-state index is 12.8. The number of aromatic nitrogens is 1. The van der Waals surface area contributed by atoms with Crippen molar-refractivity contribution in [3.63, 3.8) is 0 Å². The van der Waals surface area contributed by atoms with Gasteiger partial charge in [-0.25, -0.2) is 4.98 Å². The summed E-state index contributed by atoms with van der Waals surface area (Å²) in [5, 5.41) is 6.88. The van der Waals surface area contributed by atoms with E-state index in [-0.39, 0.29) is 5.91 Å². The average molecular weight is 407 g/mol. The van der Waals surface area contributed by atoms with Gasteiger partial charge in [0, 0.05) is 30.1 Å². The Morgan fingerprint density at radius 1 is 1.17 bits per heavy atom. The number of benzene rings is 2. The molecule has 3 heterocycles. The second-order valence-corrected chi connectivity index (χ2v) is 8.19. The van der Waals surface area contributed by atoms with Gasteiger partial charge in [-0.15, -0.1) is 11.3 Å². The van der Waals surface area contributed by atoms with Gasteiger partial charge >= 0.3 is 0 Å². The molecule has 0 atom stereocenters. The van der Waals surface area contributed by atoms with Crippen LogP contribution in [-0.4, -0.2) is 30.6 Å². The molecule has 0 aliphatic carbocycles. The van der Waals surface area contributed by atoms with Crippen LogP contribution >= 0.6 is 11.3 Å². The molecule has 6 nitrogen and oxygen atoms in total. The molecule has 148 valence electrons. The van der Waals surface area contributed by atoms with Gasteiger partial charge in [0.2, 0.25) is 0 Å². The SMILES string of the molecule is Cc1c(NC(=O)c2nc3c(s2)CNCC3)cccc1-c1ccc2c(c1)OCCO2. The van der Waals surface area contributed by atoms with E-state index in [0.29, 0.717) is 18.2 Å². The summed E-state index contributed by atoms with van der Waals surface area (Å²) in [5.41, 5.74) is 4.90. The molecule has 0 fully saturated rings. The van der Waals surface area contributed by atoms with Crippen LogP contribution in [0.5, 0.6) is 11.5 Å². The van der Waals surface area contributed by atoms with Crippen LogP contribution in [0, 0.1) is 6.92 Å². The molecule has 0 bridgehead atoms. The first-order valence-electron chi connectivity index (χ1n) is 9.69. The summed E-state index contributed by atoms with van der Waals surface area (Å²) in [6, 6.07) is 11.9. The maximum absolute atomic E-state index is 12.8. The molecule has 1 aromatic heterocycles. The molecule has 7 heteroatoms. The summed E-state index contributed by atoms with van der Waals surface area (Å²) in [6.07, 6.45) is 0.873. The normalized spacial score (nSPS) is 14.9. The predicted molar refractivity (Wildman–Crippen MR) is 113 cm³/mol. The Balaban J connectivity index is 1.42. The first-order chi connectivity index (χ1) is 14.2. The van der Waals surface area contributed by atoms with Crippen molar-refractivity contribution in [2.45, 2.75) is 19.9 Å². The highest BCUT2D eigenvalue weighted by atomic mass is 32.1. The third-order valence-electron chi connectivity index (χ3n) is 5.23. The second-order valence-electron chi connectivity index (χ2n) is 7.11. The highest BCUT2D eigenvalue weighted by Gasteiger charge is 2.20. The van der Waals surface area contributed by atoms with Gasteiger partial charge in [0.05, 0.1) is 5.69 Å². The zero-order valence-corrected chi connectivity index (χ0v) is 16.9. The molecule has 2 N–H and O–H groups in total. The van der Waals surface area contributed by atoms with E-state index in [4.69, 9.17) is 9.47 Å². The number of anilines is 1. The van der Waals surface area contributed by atoms with Crippen molar-refractivity contribution >= 4 is 22.9 Å². The highest BCUT2D eigenvalue weighted by Crippen LogP contribution is 2.37. The predicted octanol–water partition coefficient (Wildman–Crippen LogP) is 3.79. The van der Waals surface area contributed by atoms with E-state index in [0.717, 1.165) is 64.0 Å². The molecule has 1 amide bonds. The number of carbonyl (C=O) groups is 1. The number of thiazole rings is 1. The number of amides is 1. The van der Waals surface area contributed by atoms with Crippen LogP contribution in [-0.2, 0) is 13.0 Å². The minimum absolute atomic E-state index is 0.160. The molecule has 0 saturated heterocycles. The molecule has 0 unspecified atom stereocenters. The standard InChI is InChI=1S/C22H21N3O3S/c1-13-15(14-5-6-18-19(11-14)28-10-9-27-18)3-2-4-16(13)24-21(26)22-25-17-7-8-23-12-20(17)29-22/h2-6,11,23H,7-10,12H2,1H3,(H,24,26). The van der Waals surface area contributed by atoms with Crippen LogP contribution in [0.4, 0.5) is 5.69 Å². The molecular formula is C22H21N3O3S. The van der Waals surface area contributed by atoms with Crippen molar-refractivity contribution in [3.05, 3.63) is 57.5 Å². The van der Waals surface area contributed by atoms with Crippen LogP contribution in [0.2, 0.25) is 0 Å². The Kier molecular flexibility index (Phi) is 4.69. The molecule has 0 saturated carbocycles. The van der Waals surface area contributed by atoms with Crippen molar-refractivity contribution in [3.8, 4) is 22.6 Å². The largest absolute Gasteiger partial charge is 0.486 e. The highest BCUT2D eigenvalue weighted by molar-refractivity contribution is 7.13. The van der Waals surface area contributed by atoms with Crippen LogP contribution in [0.3, 0.4) is 0 Å².